The van der Waals surface area contributed by atoms with Gasteiger partial charge < -0.3 is 10.1 Å². The second-order valence-electron chi connectivity index (χ2n) is 6.24. The standard InChI is InChI=1S/C18H19N3O7S/c1-11-5-6-15(29(26,27)20(2)3)10-16(11)19-17(22)12-7-13(18(23)28-4)9-14(8-12)21(24)25/h5-10H,1-4H3,(H,19,22). The first-order valence-corrected chi connectivity index (χ1v) is 9.63. The third-order valence-corrected chi connectivity index (χ3v) is 5.86. The molecule has 2 rings (SSSR count). The summed E-state index contributed by atoms with van der Waals surface area (Å²) in [6.45, 7) is 1.66. The maximum absolute atomic E-state index is 12.7. The molecule has 29 heavy (non-hydrogen) atoms. The Labute approximate surface area is 167 Å². The van der Waals surface area contributed by atoms with Crippen LogP contribution in [0.15, 0.2) is 41.3 Å². The average molecular weight is 421 g/mol. The number of sulfonamides is 1. The largest absolute Gasteiger partial charge is 0.465 e. The molecule has 0 saturated heterocycles. The smallest absolute Gasteiger partial charge is 0.338 e. The fourth-order valence-corrected chi connectivity index (χ4v) is 3.31. The molecule has 2 aromatic rings. The van der Waals surface area contributed by atoms with Crippen LogP contribution in [0.5, 0.6) is 0 Å². The molecule has 0 aliphatic carbocycles. The number of aryl methyl sites for hydroxylation is 1. The number of nitro groups is 1. The van der Waals surface area contributed by atoms with Crippen LogP contribution in [0.4, 0.5) is 11.4 Å². The average Bonchev–Trinajstić information content (AvgIpc) is 2.68. The number of hydrogen-bond acceptors (Lipinski definition) is 7. The van der Waals surface area contributed by atoms with Crippen LogP contribution in [0.3, 0.4) is 0 Å². The number of esters is 1. The van der Waals surface area contributed by atoms with E-state index in [1.165, 1.54) is 32.3 Å². The summed E-state index contributed by atoms with van der Waals surface area (Å²) in [4.78, 5) is 34.8. The van der Waals surface area contributed by atoms with Gasteiger partial charge in [0.25, 0.3) is 11.6 Å². The highest BCUT2D eigenvalue weighted by Gasteiger charge is 2.21. The van der Waals surface area contributed by atoms with E-state index in [-0.39, 0.29) is 21.7 Å². The third kappa shape index (κ3) is 4.76. The highest BCUT2D eigenvalue weighted by Crippen LogP contribution is 2.24. The van der Waals surface area contributed by atoms with Crippen molar-refractivity contribution in [1.82, 2.24) is 4.31 Å². The zero-order chi connectivity index (χ0) is 21.9. The van der Waals surface area contributed by atoms with Gasteiger partial charge in [0, 0.05) is 37.5 Å². The Hall–Kier alpha value is -3.31. The van der Waals surface area contributed by atoms with E-state index in [0.717, 1.165) is 29.6 Å². The van der Waals surface area contributed by atoms with Crippen LogP contribution in [0.1, 0.15) is 26.3 Å². The van der Waals surface area contributed by atoms with E-state index >= 15 is 0 Å². The van der Waals surface area contributed by atoms with Gasteiger partial charge in [0.2, 0.25) is 10.0 Å². The lowest BCUT2D eigenvalue weighted by Crippen LogP contribution is -2.22. The SMILES string of the molecule is COC(=O)c1cc(C(=O)Nc2cc(S(=O)(=O)N(C)C)ccc2C)cc([N+](=O)[O-])c1. The zero-order valence-electron chi connectivity index (χ0n) is 16.1. The Bertz CT molecular complexity index is 1090. The zero-order valence-corrected chi connectivity index (χ0v) is 16.9. The molecule has 11 heteroatoms. The Kier molecular flexibility index (Phi) is 6.34. The maximum atomic E-state index is 12.7. The summed E-state index contributed by atoms with van der Waals surface area (Å²) < 4.78 is 30.2. The Morgan fingerprint density at radius 2 is 1.72 bits per heavy atom. The summed E-state index contributed by atoms with van der Waals surface area (Å²) >= 11 is 0. The molecule has 0 aliphatic rings. The van der Waals surface area contributed by atoms with Crippen molar-refractivity contribution in [3.8, 4) is 0 Å². The Morgan fingerprint density at radius 3 is 2.28 bits per heavy atom. The first-order chi connectivity index (χ1) is 13.5. The van der Waals surface area contributed by atoms with Crippen molar-refractivity contribution in [2.24, 2.45) is 0 Å². The van der Waals surface area contributed by atoms with Crippen molar-refractivity contribution in [3.63, 3.8) is 0 Å². The molecule has 0 saturated carbocycles. The van der Waals surface area contributed by atoms with E-state index in [1.807, 2.05) is 0 Å². The van der Waals surface area contributed by atoms with Gasteiger partial charge in [-0.15, -0.1) is 0 Å². The predicted molar refractivity (Wildman–Crippen MR) is 104 cm³/mol. The summed E-state index contributed by atoms with van der Waals surface area (Å²) in [5.41, 5.74) is 0.0183. The molecule has 0 aromatic heterocycles. The van der Waals surface area contributed by atoms with E-state index in [4.69, 9.17) is 0 Å². The number of non-ortho nitro benzene ring substituents is 1. The van der Waals surface area contributed by atoms with Crippen molar-refractivity contribution >= 4 is 33.3 Å². The van der Waals surface area contributed by atoms with Crippen LogP contribution in [0, 0.1) is 17.0 Å². The lowest BCUT2D eigenvalue weighted by atomic mass is 10.1. The lowest BCUT2D eigenvalue weighted by molar-refractivity contribution is -0.384. The van der Waals surface area contributed by atoms with Crippen LogP contribution in [-0.4, -0.2) is 50.7 Å². The lowest BCUT2D eigenvalue weighted by Gasteiger charge is -2.14. The van der Waals surface area contributed by atoms with E-state index < -0.39 is 32.5 Å². The van der Waals surface area contributed by atoms with Crippen molar-refractivity contribution in [2.75, 3.05) is 26.5 Å². The Balaban J connectivity index is 2.46. The number of nitrogens with zero attached hydrogens (tertiary/aromatic N) is 2. The molecular formula is C18H19N3O7S. The minimum absolute atomic E-state index is 0.0299. The molecular weight excluding hydrogens is 402 g/mol. The molecule has 0 radical (unpaired) electrons. The van der Waals surface area contributed by atoms with Crippen molar-refractivity contribution in [2.45, 2.75) is 11.8 Å². The highest BCUT2D eigenvalue weighted by atomic mass is 32.2. The van der Waals surface area contributed by atoms with E-state index in [2.05, 4.69) is 10.1 Å². The van der Waals surface area contributed by atoms with Gasteiger partial charge in [-0.2, -0.15) is 0 Å². The summed E-state index contributed by atoms with van der Waals surface area (Å²) in [5.74, 6) is -1.58. The van der Waals surface area contributed by atoms with Crippen LogP contribution in [0.25, 0.3) is 0 Å². The first kappa shape index (κ1) is 22.0. The molecule has 0 fully saturated rings. The summed E-state index contributed by atoms with van der Waals surface area (Å²) in [5, 5.41) is 13.7. The molecule has 10 nitrogen and oxygen atoms in total. The number of methoxy groups -OCH3 is 1. The normalized spacial score (nSPS) is 11.2. The number of anilines is 1. The number of carbonyl (C=O) groups excluding carboxylic acids is 2. The second kappa shape index (κ2) is 8.37. The van der Waals surface area contributed by atoms with Crippen LogP contribution in [0.2, 0.25) is 0 Å². The number of benzene rings is 2. The quantitative estimate of drug-likeness (QED) is 0.429. The molecule has 0 heterocycles. The van der Waals surface area contributed by atoms with Crippen molar-refractivity contribution in [3.05, 3.63) is 63.2 Å². The molecule has 0 spiro atoms. The molecule has 1 amide bonds. The summed E-state index contributed by atoms with van der Waals surface area (Å²) in [7, 11) is 0.147. The maximum Gasteiger partial charge on any atom is 0.338 e. The number of carbonyl (C=O) groups is 2. The van der Waals surface area contributed by atoms with Crippen molar-refractivity contribution < 1.29 is 27.7 Å². The van der Waals surface area contributed by atoms with Gasteiger partial charge in [0.1, 0.15) is 0 Å². The minimum atomic E-state index is -3.72. The second-order valence-corrected chi connectivity index (χ2v) is 8.39. The van der Waals surface area contributed by atoms with Crippen molar-refractivity contribution in [1.29, 1.82) is 0 Å². The number of nitro benzene ring substituents is 1. The summed E-state index contributed by atoms with van der Waals surface area (Å²) in [6.07, 6.45) is 0. The summed E-state index contributed by atoms with van der Waals surface area (Å²) in [6, 6.07) is 7.39. The van der Waals surface area contributed by atoms with Gasteiger partial charge >= 0.3 is 5.97 Å². The van der Waals surface area contributed by atoms with Crippen LogP contribution in [-0.2, 0) is 14.8 Å². The van der Waals surface area contributed by atoms with Gasteiger partial charge in [-0.3, -0.25) is 14.9 Å². The van der Waals surface area contributed by atoms with E-state index in [0.29, 0.717) is 5.56 Å². The number of rotatable bonds is 6. The topological polar surface area (TPSA) is 136 Å². The first-order valence-electron chi connectivity index (χ1n) is 8.19. The number of ether oxygens (including phenoxy) is 1. The van der Waals surface area contributed by atoms with Crippen LogP contribution < -0.4 is 5.32 Å². The molecule has 0 aliphatic heterocycles. The third-order valence-electron chi connectivity index (χ3n) is 4.05. The van der Waals surface area contributed by atoms with Gasteiger partial charge in [-0.1, -0.05) is 6.07 Å². The monoisotopic (exact) mass is 421 g/mol. The molecule has 0 bridgehead atoms. The predicted octanol–water partition coefficient (Wildman–Crippen LogP) is 2.19. The molecule has 2 aromatic carbocycles. The fraction of sp³-hybridized carbons (Fsp3) is 0.222. The van der Waals surface area contributed by atoms with E-state index in [9.17, 15) is 28.1 Å². The Morgan fingerprint density at radius 1 is 1.10 bits per heavy atom. The van der Waals surface area contributed by atoms with Gasteiger partial charge in [0.05, 0.1) is 22.5 Å². The fourth-order valence-electron chi connectivity index (χ4n) is 2.38. The van der Waals surface area contributed by atoms with Gasteiger partial charge in [0.15, 0.2) is 0 Å². The number of nitrogens with one attached hydrogen (secondary N) is 1. The van der Waals surface area contributed by atoms with E-state index in [1.54, 1.807) is 6.92 Å². The number of hydrogen-bond donors (Lipinski definition) is 1. The molecule has 1 N–H and O–H groups in total. The van der Waals surface area contributed by atoms with Gasteiger partial charge in [-0.05, 0) is 30.7 Å². The van der Waals surface area contributed by atoms with Crippen LogP contribution >= 0.6 is 0 Å². The van der Waals surface area contributed by atoms with Gasteiger partial charge in [-0.25, -0.2) is 17.5 Å². The molecule has 0 unspecified atom stereocenters. The molecule has 154 valence electrons. The highest BCUT2D eigenvalue weighted by molar-refractivity contribution is 7.89. The number of amides is 1. The minimum Gasteiger partial charge on any atom is -0.465 e. The molecule has 0 atom stereocenters.